The summed E-state index contributed by atoms with van der Waals surface area (Å²) >= 11 is 0. The molecule has 0 radical (unpaired) electrons. The number of aryl methyl sites for hydroxylation is 2. The first-order valence-electron chi connectivity index (χ1n) is 10.3. The van der Waals surface area contributed by atoms with E-state index in [9.17, 15) is 9.59 Å². The number of hydroxylamine groups is 1. The standard InChI is InChI=1S/C23H30N4O3/c1-6-27(7-2)10-11-30-26-23(29)21-15(4)20(24-16(21)5)13-18-17-12-14(3)8-9-19(17)25-22(18)28/h8-9,12-13,24H,6-7,10-11H2,1-5H3,(H,25,28)(H,26,29)/b18-13-. The number of rotatable bonds is 8. The van der Waals surface area contributed by atoms with Gasteiger partial charge < -0.3 is 15.2 Å². The van der Waals surface area contributed by atoms with Gasteiger partial charge in [-0.2, -0.15) is 0 Å². The van der Waals surface area contributed by atoms with Gasteiger partial charge in [0, 0.05) is 29.2 Å². The number of benzene rings is 1. The molecule has 7 heteroatoms. The highest BCUT2D eigenvalue weighted by Crippen LogP contribution is 2.34. The first-order chi connectivity index (χ1) is 14.3. The Bertz CT molecular complexity index is 987. The minimum absolute atomic E-state index is 0.145. The van der Waals surface area contributed by atoms with Crippen LogP contribution in [0, 0.1) is 20.8 Å². The monoisotopic (exact) mass is 410 g/mol. The molecule has 3 N–H and O–H groups in total. The van der Waals surface area contributed by atoms with Crippen LogP contribution in [0.3, 0.4) is 0 Å². The fourth-order valence-electron chi connectivity index (χ4n) is 3.73. The van der Waals surface area contributed by atoms with Gasteiger partial charge in [-0.1, -0.05) is 25.5 Å². The van der Waals surface area contributed by atoms with Gasteiger partial charge in [-0.3, -0.25) is 14.4 Å². The Labute approximate surface area is 177 Å². The summed E-state index contributed by atoms with van der Waals surface area (Å²) in [7, 11) is 0. The number of aromatic nitrogens is 1. The molecule has 2 aromatic rings. The van der Waals surface area contributed by atoms with Crippen molar-refractivity contribution in [2.45, 2.75) is 34.6 Å². The maximum absolute atomic E-state index is 12.7. The predicted molar refractivity (Wildman–Crippen MR) is 119 cm³/mol. The molecule has 1 aromatic carbocycles. The average molecular weight is 411 g/mol. The van der Waals surface area contributed by atoms with Crippen molar-refractivity contribution in [1.82, 2.24) is 15.4 Å². The Morgan fingerprint density at radius 3 is 2.63 bits per heavy atom. The van der Waals surface area contributed by atoms with Crippen LogP contribution in [0.25, 0.3) is 11.6 Å². The molecule has 2 heterocycles. The van der Waals surface area contributed by atoms with E-state index in [1.807, 2.05) is 39.0 Å². The fourth-order valence-corrected chi connectivity index (χ4v) is 3.73. The molecule has 0 bridgehead atoms. The number of aromatic amines is 1. The van der Waals surface area contributed by atoms with E-state index in [-0.39, 0.29) is 11.8 Å². The van der Waals surface area contributed by atoms with Crippen molar-refractivity contribution in [2.75, 3.05) is 31.6 Å². The number of likely N-dealkylation sites (N-methyl/N-ethyl adjacent to an activating group) is 1. The Hall–Kier alpha value is -2.90. The molecule has 0 aliphatic carbocycles. The lowest BCUT2D eigenvalue weighted by Gasteiger charge is -2.17. The van der Waals surface area contributed by atoms with Crippen molar-refractivity contribution in [3.05, 3.63) is 51.8 Å². The van der Waals surface area contributed by atoms with Crippen LogP contribution >= 0.6 is 0 Å². The maximum Gasteiger partial charge on any atom is 0.276 e. The van der Waals surface area contributed by atoms with E-state index >= 15 is 0 Å². The summed E-state index contributed by atoms with van der Waals surface area (Å²) in [6.45, 7) is 12.9. The van der Waals surface area contributed by atoms with Gasteiger partial charge in [0.05, 0.1) is 17.7 Å². The van der Waals surface area contributed by atoms with Crippen LogP contribution < -0.4 is 10.8 Å². The second kappa shape index (κ2) is 9.28. The third-order valence-electron chi connectivity index (χ3n) is 5.52. The summed E-state index contributed by atoms with van der Waals surface area (Å²) < 4.78 is 0. The van der Waals surface area contributed by atoms with E-state index in [1.54, 1.807) is 6.08 Å². The van der Waals surface area contributed by atoms with E-state index in [4.69, 9.17) is 4.84 Å². The molecule has 1 aromatic heterocycles. The van der Waals surface area contributed by atoms with E-state index in [0.717, 1.165) is 53.4 Å². The van der Waals surface area contributed by atoms with Crippen molar-refractivity contribution in [3.8, 4) is 0 Å². The molecule has 0 unspecified atom stereocenters. The predicted octanol–water partition coefficient (Wildman–Crippen LogP) is 3.44. The Balaban J connectivity index is 1.76. The molecule has 7 nitrogen and oxygen atoms in total. The van der Waals surface area contributed by atoms with Crippen molar-refractivity contribution >= 4 is 29.2 Å². The third kappa shape index (κ3) is 4.47. The Kier molecular flexibility index (Phi) is 6.74. The van der Waals surface area contributed by atoms with Gasteiger partial charge >= 0.3 is 0 Å². The topological polar surface area (TPSA) is 86.5 Å². The molecule has 0 atom stereocenters. The zero-order chi connectivity index (χ0) is 21.8. The van der Waals surface area contributed by atoms with E-state index in [1.165, 1.54) is 0 Å². The van der Waals surface area contributed by atoms with E-state index in [2.05, 4.69) is 34.5 Å². The number of nitrogens with one attached hydrogen (secondary N) is 3. The largest absolute Gasteiger partial charge is 0.358 e. The molecular formula is C23H30N4O3. The van der Waals surface area contributed by atoms with Crippen LogP contribution in [-0.2, 0) is 9.63 Å². The number of amides is 2. The van der Waals surface area contributed by atoms with Crippen LogP contribution in [-0.4, -0.2) is 47.9 Å². The van der Waals surface area contributed by atoms with Crippen molar-refractivity contribution in [3.63, 3.8) is 0 Å². The number of anilines is 1. The Morgan fingerprint density at radius 2 is 1.93 bits per heavy atom. The van der Waals surface area contributed by atoms with Crippen LogP contribution in [0.5, 0.6) is 0 Å². The van der Waals surface area contributed by atoms with Crippen molar-refractivity contribution < 1.29 is 14.4 Å². The number of hydrogen-bond acceptors (Lipinski definition) is 4. The number of hydrogen-bond donors (Lipinski definition) is 3. The van der Waals surface area contributed by atoms with Gasteiger partial charge in [0.15, 0.2) is 0 Å². The smallest absolute Gasteiger partial charge is 0.276 e. The van der Waals surface area contributed by atoms with Crippen molar-refractivity contribution in [1.29, 1.82) is 0 Å². The average Bonchev–Trinajstić information content (AvgIpc) is 3.17. The van der Waals surface area contributed by atoms with Gasteiger partial charge in [0.1, 0.15) is 0 Å². The second-order valence-corrected chi connectivity index (χ2v) is 7.53. The lowest BCUT2D eigenvalue weighted by atomic mass is 10.0. The molecule has 0 spiro atoms. The highest BCUT2D eigenvalue weighted by Gasteiger charge is 2.25. The molecule has 30 heavy (non-hydrogen) atoms. The first-order valence-corrected chi connectivity index (χ1v) is 10.3. The molecule has 160 valence electrons. The minimum atomic E-state index is -0.294. The first kappa shape index (κ1) is 21.8. The van der Waals surface area contributed by atoms with E-state index in [0.29, 0.717) is 17.7 Å². The summed E-state index contributed by atoms with van der Waals surface area (Å²) in [5, 5.41) is 2.89. The molecule has 0 saturated carbocycles. The van der Waals surface area contributed by atoms with Crippen molar-refractivity contribution in [2.24, 2.45) is 0 Å². The van der Waals surface area contributed by atoms with Crippen LogP contribution in [0.15, 0.2) is 18.2 Å². The normalized spacial score (nSPS) is 14.3. The van der Waals surface area contributed by atoms with Gasteiger partial charge in [-0.15, -0.1) is 0 Å². The summed E-state index contributed by atoms with van der Waals surface area (Å²) in [5.74, 6) is -0.439. The zero-order valence-electron chi connectivity index (χ0n) is 18.3. The molecule has 3 rings (SSSR count). The number of carbonyl (C=O) groups is 2. The van der Waals surface area contributed by atoms with E-state index < -0.39 is 0 Å². The van der Waals surface area contributed by atoms with Gasteiger partial charge in [-0.05, 0) is 57.6 Å². The Morgan fingerprint density at radius 1 is 1.20 bits per heavy atom. The second-order valence-electron chi connectivity index (χ2n) is 7.53. The molecule has 2 amide bonds. The lowest BCUT2D eigenvalue weighted by molar-refractivity contribution is -0.110. The number of carbonyl (C=O) groups excluding carboxylic acids is 2. The third-order valence-corrected chi connectivity index (χ3v) is 5.52. The van der Waals surface area contributed by atoms with Gasteiger partial charge in [0.2, 0.25) is 0 Å². The summed E-state index contributed by atoms with van der Waals surface area (Å²) in [6.07, 6.45) is 1.81. The number of nitrogens with zero attached hydrogens (tertiary/aromatic N) is 1. The number of fused-ring (bicyclic) bond motifs is 1. The summed E-state index contributed by atoms with van der Waals surface area (Å²) in [6, 6.07) is 5.86. The lowest BCUT2D eigenvalue weighted by Crippen LogP contribution is -2.31. The van der Waals surface area contributed by atoms with Crippen LogP contribution in [0.1, 0.15) is 52.3 Å². The molecule has 1 aliphatic rings. The molecular weight excluding hydrogens is 380 g/mol. The quantitative estimate of drug-likeness (QED) is 0.354. The molecule has 1 aliphatic heterocycles. The minimum Gasteiger partial charge on any atom is -0.358 e. The molecule has 0 saturated heterocycles. The SMILES string of the molecule is CCN(CC)CCONC(=O)c1c(C)[nH]c(/C=C2\C(=O)Nc3ccc(C)cc32)c1C. The number of H-pyrrole nitrogens is 1. The fraction of sp³-hybridized carbons (Fsp3) is 0.391. The highest BCUT2D eigenvalue weighted by atomic mass is 16.6. The summed E-state index contributed by atoms with van der Waals surface area (Å²) in [5.41, 5.74) is 8.65. The van der Waals surface area contributed by atoms with Crippen LogP contribution in [0.4, 0.5) is 5.69 Å². The highest BCUT2D eigenvalue weighted by molar-refractivity contribution is 6.35. The summed E-state index contributed by atoms with van der Waals surface area (Å²) in [4.78, 5) is 36.0. The van der Waals surface area contributed by atoms with Gasteiger partial charge in [-0.25, -0.2) is 5.48 Å². The van der Waals surface area contributed by atoms with Gasteiger partial charge in [0.25, 0.3) is 11.8 Å². The maximum atomic E-state index is 12.7. The van der Waals surface area contributed by atoms with Crippen LogP contribution in [0.2, 0.25) is 0 Å². The molecule has 0 fully saturated rings. The zero-order valence-corrected chi connectivity index (χ0v) is 18.3.